The monoisotopic (exact) mass is 258 g/mol. The first kappa shape index (κ1) is 14.3. The van der Waals surface area contributed by atoms with E-state index in [0.717, 1.165) is 32.5 Å². The largest absolute Gasteiger partial charge is 0.396 e. The van der Waals surface area contributed by atoms with Crippen LogP contribution in [0.4, 0.5) is 0 Å². The molecule has 1 saturated carbocycles. The molecule has 4 heteroatoms. The molecule has 0 aromatic heterocycles. The Morgan fingerprint density at radius 2 is 2.11 bits per heavy atom. The first-order chi connectivity index (χ1) is 8.82. The lowest BCUT2D eigenvalue weighted by Crippen LogP contribution is -2.36. The van der Waals surface area contributed by atoms with E-state index in [1.807, 2.05) is 0 Å². The molecule has 0 aromatic rings. The van der Waals surface area contributed by atoms with Gasteiger partial charge in [-0.3, -0.25) is 0 Å². The smallest absolute Gasteiger partial charge is 0.0700 e. The molecule has 2 fully saturated rings. The number of hydrogen-bond acceptors (Lipinski definition) is 4. The van der Waals surface area contributed by atoms with Gasteiger partial charge in [-0.25, -0.2) is 0 Å². The number of hydrogen-bond donors (Lipinski definition) is 1. The van der Waals surface area contributed by atoms with Gasteiger partial charge >= 0.3 is 0 Å². The van der Waals surface area contributed by atoms with Crippen molar-refractivity contribution in [3.05, 3.63) is 0 Å². The summed E-state index contributed by atoms with van der Waals surface area (Å²) in [6.07, 6.45) is 5.85. The third-order valence-electron chi connectivity index (χ3n) is 4.26. The van der Waals surface area contributed by atoms with Crippen molar-refractivity contribution < 1.29 is 19.3 Å². The average molecular weight is 258 g/mol. The predicted octanol–water partition coefficient (Wildman–Crippen LogP) is 1.61. The molecule has 0 bridgehead atoms. The summed E-state index contributed by atoms with van der Waals surface area (Å²) in [6.45, 7) is 3.13. The molecule has 2 aliphatic rings. The van der Waals surface area contributed by atoms with Crippen molar-refractivity contribution in [2.24, 2.45) is 11.3 Å². The Morgan fingerprint density at radius 1 is 1.28 bits per heavy atom. The normalized spacial score (nSPS) is 32.0. The fourth-order valence-electron chi connectivity index (χ4n) is 3.03. The van der Waals surface area contributed by atoms with Crippen LogP contribution in [0.5, 0.6) is 0 Å². The lowest BCUT2D eigenvalue weighted by atomic mass is 9.76. The molecular formula is C14H26O4. The SMILES string of the molecule is COCCOCCCC1(CO)CCOC1C1CC1. The molecule has 4 nitrogen and oxygen atoms in total. The maximum absolute atomic E-state index is 9.76. The molecule has 1 aliphatic carbocycles. The van der Waals surface area contributed by atoms with Gasteiger partial charge in [-0.2, -0.15) is 0 Å². The van der Waals surface area contributed by atoms with Gasteiger partial charge in [-0.15, -0.1) is 0 Å². The molecule has 1 saturated heterocycles. The summed E-state index contributed by atoms with van der Waals surface area (Å²) in [6, 6.07) is 0. The predicted molar refractivity (Wildman–Crippen MR) is 68.5 cm³/mol. The van der Waals surface area contributed by atoms with Crippen LogP contribution in [0.15, 0.2) is 0 Å². The van der Waals surface area contributed by atoms with Gasteiger partial charge in [0, 0.05) is 25.7 Å². The Labute approximate surface area is 110 Å². The number of rotatable bonds is 9. The lowest BCUT2D eigenvalue weighted by Gasteiger charge is -2.32. The van der Waals surface area contributed by atoms with E-state index in [1.54, 1.807) is 7.11 Å². The highest BCUT2D eigenvalue weighted by Gasteiger charge is 2.50. The van der Waals surface area contributed by atoms with Crippen LogP contribution in [0.2, 0.25) is 0 Å². The lowest BCUT2D eigenvalue weighted by molar-refractivity contribution is -0.0110. The maximum atomic E-state index is 9.76. The minimum absolute atomic E-state index is 0.00574. The van der Waals surface area contributed by atoms with Gasteiger partial charge in [0.15, 0.2) is 0 Å². The van der Waals surface area contributed by atoms with Crippen LogP contribution in [0, 0.1) is 11.3 Å². The first-order valence-electron chi connectivity index (χ1n) is 7.11. The van der Waals surface area contributed by atoms with E-state index in [1.165, 1.54) is 12.8 Å². The summed E-state index contributed by atoms with van der Waals surface area (Å²) < 4.78 is 16.3. The van der Waals surface area contributed by atoms with Crippen molar-refractivity contribution in [2.75, 3.05) is 40.1 Å². The van der Waals surface area contributed by atoms with Gasteiger partial charge in [0.2, 0.25) is 0 Å². The topological polar surface area (TPSA) is 47.9 Å². The van der Waals surface area contributed by atoms with E-state index in [4.69, 9.17) is 14.2 Å². The summed E-state index contributed by atoms with van der Waals surface area (Å²) in [5.41, 5.74) is 0.00574. The Balaban J connectivity index is 1.70. The summed E-state index contributed by atoms with van der Waals surface area (Å²) in [5, 5.41) is 9.76. The Bertz CT molecular complexity index is 242. The van der Waals surface area contributed by atoms with E-state index in [2.05, 4.69) is 0 Å². The van der Waals surface area contributed by atoms with Crippen LogP contribution >= 0.6 is 0 Å². The highest BCUT2D eigenvalue weighted by atomic mass is 16.5. The van der Waals surface area contributed by atoms with Crippen molar-refractivity contribution in [1.82, 2.24) is 0 Å². The van der Waals surface area contributed by atoms with Gasteiger partial charge in [0.25, 0.3) is 0 Å². The number of methoxy groups -OCH3 is 1. The average Bonchev–Trinajstić information content (AvgIpc) is 3.15. The summed E-state index contributed by atoms with van der Waals surface area (Å²) in [7, 11) is 1.68. The Morgan fingerprint density at radius 3 is 2.78 bits per heavy atom. The highest BCUT2D eigenvalue weighted by molar-refractivity contribution is 4.99. The molecule has 1 aliphatic heterocycles. The minimum atomic E-state index is 0.00574. The second-order valence-electron chi connectivity index (χ2n) is 5.61. The van der Waals surface area contributed by atoms with E-state index in [-0.39, 0.29) is 12.0 Å². The molecule has 1 heterocycles. The first-order valence-corrected chi connectivity index (χ1v) is 7.11. The molecule has 18 heavy (non-hydrogen) atoms. The standard InChI is InChI=1S/C14H26O4/c1-16-9-10-17-7-2-5-14(11-15)6-8-18-13(14)12-3-4-12/h12-13,15H,2-11H2,1H3. The molecule has 2 atom stereocenters. The van der Waals surface area contributed by atoms with Crippen molar-refractivity contribution >= 4 is 0 Å². The van der Waals surface area contributed by atoms with Crippen LogP contribution < -0.4 is 0 Å². The zero-order chi connectivity index (χ0) is 12.8. The molecule has 0 radical (unpaired) electrons. The zero-order valence-electron chi connectivity index (χ0n) is 11.4. The van der Waals surface area contributed by atoms with Gasteiger partial charge < -0.3 is 19.3 Å². The minimum Gasteiger partial charge on any atom is -0.396 e. The van der Waals surface area contributed by atoms with E-state index < -0.39 is 0 Å². The van der Waals surface area contributed by atoms with Gasteiger partial charge in [0.05, 0.1) is 25.9 Å². The van der Waals surface area contributed by atoms with Crippen molar-refractivity contribution in [3.8, 4) is 0 Å². The van der Waals surface area contributed by atoms with Crippen molar-refractivity contribution in [3.63, 3.8) is 0 Å². The summed E-state index contributed by atoms with van der Waals surface area (Å²) >= 11 is 0. The molecular weight excluding hydrogens is 232 g/mol. The number of aliphatic hydroxyl groups is 1. The second kappa shape index (κ2) is 6.85. The highest BCUT2D eigenvalue weighted by Crippen LogP contribution is 2.49. The van der Waals surface area contributed by atoms with Crippen LogP contribution in [0.25, 0.3) is 0 Å². The number of ether oxygens (including phenoxy) is 3. The fourth-order valence-corrected chi connectivity index (χ4v) is 3.03. The summed E-state index contributed by atoms with van der Waals surface area (Å²) in [4.78, 5) is 0. The van der Waals surface area contributed by atoms with Crippen molar-refractivity contribution in [1.29, 1.82) is 0 Å². The third kappa shape index (κ3) is 3.44. The van der Waals surface area contributed by atoms with Crippen LogP contribution in [0.1, 0.15) is 32.1 Å². The molecule has 0 aromatic carbocycles. The van der Waals surface area contributed by atoms with Crippen LogP contribution in [-0.2, 0) is 14.2 Å². The van der Waals surface area contributed by atoms with E-state index in [9.17, 15) is 5.11 Å². The van der Waals surface area contributed by atoms with Gasteiger partial charge in [-0.1, -0.05) is 0 Å². The van der Waals surface area contributed by atoms with Crippen molar-refractivity contribution in [2.45, 2.75) is 38.2 Å². The zero-order valence-corrected chi connectivity index (χ0v) is 11.4. The van der Waals surface area contributed by atoms with E-state index in [0.29, 0.717) is 25.2 Å². The van der Waals surface area contributed by atoms with Gasteiger partial charge in [0.1, 0.15) is 0 Å². The quantitative estimate of drug-likeness (QED) is 0.638. The Hall–Kier alpha value is -0.160. The third-order valence-corrected chi connectivity index (χ3v) is 4.26. The number of aliphatic hydroxyl groups excluding tert-OH is 1. The molecule has 0 amide bonds. The second-order valence-corrected chi connectivity index (χ2v) is 5.61. The molecule has 2 rings (SSSR count). The van der Waals surface area contributed by atoms with Gasteiger partial charge in [-0.05, 0) is 38.0 Å². The molecule has 0 spiro atoms. The summed E-state index contributed by atoms with van der Waals surface area (Å²) in [5.74, 6) is 0.703. The fraction of sp³-hybridized carbons (Fsp3) is 1.00. The van der Waals surface area contributed by atoms with Crippen LogP contribution in [0.3, 0.4) is 0 Å². The molecule has 1 N–H and O–H groups in total. The Kier molecular flexibility index (Phi) is 5.42. The van der Waals surface area contributed by atoms with Crippen LogP contribution in [-0.4, -0.2) is 51.4 Å². The maximum Gasteiger partial charge on any atom is 0.0700 e. The molecule has 2 unspecified atom stereocenters. The molecule has 106 valence electrons. The van der Waals surface area contributed by atoms with E-state index >= 15 is 0 Å².